The van der Waals surface area contributed by atoms with Gasteiger partial charge in [0, 0.05) is 13.1 Å². The molecule has 2 aromatic rings. The van der Waals surface area contributed by atoms with Crippen LogP contribution in [0.15, 0.2) is 30.6 Å². The minimum absolute atomic E-state index is 0.158. The van der Waals surface area contributed by atoms with Gasteiger partial charge in [0.15, 0.2) is 11.6 Å². The number of aromatic nitrogens is 2. The first-order valence-corrected chi connectivity index (χ1v) is 5.13. The van der Waals surface area contributed by atoms with Crippen LogP contribution in [-0.4, -0.2) is 17.0 Å². The molecule has 0 saturated heterocycles. The van der Waals surface area contributed by atoms with Gasteiger partial charge in [-0.15, -0.1) is 0 Å². The molecule has 0 atom stereocenters. The van der Waals surface area contributed by atoms with Crippen molar-refractivity contribution in [1.29, 1.82) is 0 Å². The lowest BCUT2D eigenvalue weighted by molar-refractivity contribution is 0.425. The summed E-state index contributed by atoms with van der Waals surface area (Å²) in [5, 5.41) is 2.85. The predicted molar refractivity (Wildman–Crippen MR) is 62.8 cm³/mol. The fourth-order valence-electron chi connectivity index (χ4n) is 1.34. The van der Waals surface area contributed by atoms with Gasteiger partial charge in [-0.25, -0.2) is 14.4 Å². The zero-order chi connectivity index (χ0) is 12.3. The Morgan fingerprint density at radius 2 is 2.12 bits per heavy atom. The minimum Gasteiger partial charge on any atom is -0.436 e. The Morgan fingerprint density at radius 1 is 1.29 bits per heavy atom. The van der Waals surface area contributed by atoms with E-state index in [4.69, 9.17) is 4.74 Å². The third-order valence-electron chi connectivity index (χ3n) is 2.27. The largest absolute Gasteiger partial charge is 0.436 e. The Balaban J connectivity index is 2.28. The molecule has 1 N–H and O–H groups in total. The van der Waals surface area contributed by atoms with Gasteiger partial charge < -0.3 is 10.1 Å². The van der Waals surface area contributed by atoms with E-state index in [0.29, 0.717) is 17.3 Å². The van der Waals surface area contributed by atoms with Crippen LogP contribution >= 0.6 is 0 Å². The molecular formula is C12H12FN3O. The van der Waals surface area contributed by atoms with Crippen molar-refractivity contribution in [3.63, 3.8) is 0 Å². The van der Waals surface area contributed by atoms with E-state index in [2.05, 4.69) is 15.3 Å². The van der Waals surface area contributed by atoms with E-state index in [9.17, 15) is 4.39 Å². The van der Waals surface area contributed by atoms with E-state index in [1.165, 1.54) is 6.33 Å². The summed E-state index contributed by atoms with van der Waals surface area (Å²) < 4.78 is 19.1. The average Bonchev–Trinajstić information content (AvgIpc) is 2.35. The Hall–Kier alpha value is -2.17. The number of nitrogens with one attached hydrogen (secondary N) is 1. The van der Waals surface area contributed by atoms with E-state index in [-0.39, 0.29) is 11.6 Å². The fraction of sp³-hybridized carbons (Fsp3) is 0.167. The number of anilines is 1. The summed E-state index contributed by atoms with van der Waals surface area (Å²) in [4.78, 5) is 7.86. The van der Waals surface area contributed by atoms with Crippen molar-refractivity contribution in [3.05, 3.63) is 42.0 Å². The van der Waals surface area contributed by atoms with Crippen LogP contribution in [0.3, 0.4) is 0 Å². The van der Waals surface area contributed by atoms with Crippen molar-refractivity contribution in [1.82, 2.24) is 9.97 Å². The van der Waals surface area contributed by atoms with E-state index < -0.39 is 0 Å². The Bertz CT molecular complexity index is 531. The summed E-state index contributed by atoms with van der Waals surface area (Å²) in [5.74, 6) is 0.694. The van der Waals surface area contributed by atoms with Gasteiger partial charge in [-0.1, -0.05) is 12.1 Å². The van der Waals surface area contributed by atoms with Crippen molar-refractivity contribution in [2.75, 3.05) is 12.4 Å². The molecule has 88 valence electrons. The molecule has 17 heavy (non-hydrogen) atoms. The van der Waals surface area contributed by atoms with Crippen LogP contribution in [0.5, 0.6) is 11.6 Å². The number of hydrogen-bond acceptors (Lipinski definition) is 4. The van der Waals surface area contributed by atoms with E-state index in [1.807, 2.05) is 0 Å². The van der Waals surface area contributed by atoms with E-state index in [0.717, 1.165) is 0 Å². The lowest BCUT2D eigenvalue weighted by atomic mass is 10.2. The summed E-state index contributed by atoms with van der Waals surface area (Å²) >= 11 is 0. The molecule has 0 amide bonds. The van der Waals surface area contributed by atoms with Crippen molar-refractivity contribution in [2.45, 2.75) is 6.92 Å². The zero-order valence-corrected chi connectivity index (χ0v) is 9.57. The molecular weight excluding hydrogens is 221 g/mol. The first-order valence-electron chi connectivity index (χ1n) is 5.13. The van der Waals surface area contributed by atoms with Crippen LogP contribution in [-0.2, 0) is 0 Å². The van der Waals surface area contributed by atoms with Crippen molar-refractivity contribution in [3.8, 4) is 11.6 Å². The number of rotatable bonds is 3. The quantitative estimate of drug-likeness (QED) is 0.885. The zero-order valence-electron chi connectivity index (χ0n) is 9.57. The van der Waals surface area contributed by atoms with E-state index in [1.54, 1.807) is 38.2 Å². The first-order chi connectivity index (χ1) is 8.20. The summed E-state index contributed by atoms with van der Waals surface area (Å²) in [5.41, 5.74) is 0.533. The number of halogens is 1. The maximum Gasteiger partial charge on any atom is 0.224 e. The highest BCUT2D eigenvalue weighted by molar-refractivity contribution is 5.39. The van der Waals surface area contributed by atoms with Gasteiger partial charge in [-0.2, -0.15) is 0 Å². The molecule has 1 aromatic carbocycles. The molecule has 0 bridgehead atoms. The standard InChI is InChI=1S/C12H12FN3O/c1-8-4-3-5-9(12(8)13)17-11-6-10(14-2)15-7-16-11/h3-7H,1-2H3,(H,14,15,16). The summed E-state index contributed by atoms with van der Waals surface area (Å²) in [6.45, 7) is 1.68. The molecule has 0 aliphatic heterocycles. The Kier molecular flexibility index (Phi) is 3.18. The number of hydrogen-bond donors (Lipinski definition) is 1. The van der Waals surface area contributed by atoms with Gasteiger partial charge in [0.2, 0.25) is 5.88 Å². The number of ether oxygens (including phenoxy) is 1. The number of aryl methyl sites for hydroxylation is 1. The molecule has 0 aliphatic carbocycles. The van der Waals surface area contributed by atoms with Gasteiger partial charge in [0.1, 0.15) is 12.1 Å². The van der Waals surface area contributed by atoms with Gasteiger partial charge >= 0.3 is 0 Å². The molecule has 0 radical (unpaired) electrons. The van der Waals surface area contributed by atoms with Crippen LogP contribution in [0, 0.1) is 12.7 Å². The highest BCUT2D eigenvalue weighted by atomic mass is 19.1. The van der Waals surface area contributed by atoms with Gasteiger partial charge in [0.25, 0.3) is 0 Å². The van der Waals surface area contributed by atoms with Crippen molar-refractivity contribution >= 4 is 5.82 Å². The first kappa shape index (κ1) is 11.3. The molecule has 0 unspecified atom stereocenters. The molecule has 5 heteroatoms. The van der Waals surface area contributed by atoms with Crippen LogP contribution in [0.1, 0.15) is 5.56 Å². The smallest absolute Gasteiger partial charge is 0.224 e. The summed E-state index contributed by atoms with van der Waals surface area (Å²) in [6, 6.07) is 6.57. The molecule has 0 saturated carbocycles. The molecule has 4 nitrogen and oxygen atoms in total. The third kappa shape index (κ3) is 2.50. The van der Waals surface area contributed by atoms with Crippen LogP contribution in [0.25, 0.3) is 0 Å². The van der Waals surface area contributed by atoms with Crippen LogP contribution in [0.2, 0.25) is 0 Å². The molecule has 0 fully saturated rings. The average molecular weight is 233 g/mol. The molecule has 1 aromatic heterocycles. The van der Waals surface area contributed by atoms with Gasteiger partial charge in [-0.3, -0.25) is 0 Å². The monoisotopic (exact) mass is 233 g/mol. The maximum atomic E-state index is 13.7. The lowest BCUT2D eigenvalue weighted by Gasteiger charge is -2.07. The molecule has 1 heterocycles. The van der Waals surface area contributed by atoms with Crippen LogP contribution < -0.4 is 10.1 Å². The number of nitrogens with zero attached hydrogens (tertiary/aromatic N) is 2. The summed E-state index contributed by atoms with van der Waals surface area (Å²) in [7, 11) is 1.74. The second-order valence-corrected chi connectivity index (χ2v) is 3.48. The second kappa shape index (κ2) is 4.78. The van der Waals surface area contributed by atoms with Crippen molar-refractivity contribution < 1.29 is 9.13 Å². The molecule has 2 rings (SSSR count). The lowest BCUT2D eigenvalue weighted by Crippen LogP contribution is -1.96. The van der Waals surface area contributed by atoms with E-state index >= 15 is 0 Å². The normalized spacial score (nSPS) is 10.1. The fourth-order valence-corrected chi connectivity index (χ4v) is 1.34. The third-order valence-corrected chi connectivity index (χ3v) is 2.27. The van der Waals surface area contributed by atoms with Crippen molar-refractivity contribution in [2.24, 2.45) is 0 Å². The van der Waals surface area contributed by atoms with Crippen LogP contribution in [0.4, 0.5) is 10.2 Å². The second-order valence-electron chi connectivity index (χ2n) is 3.48. The topological polar surface area (TPSA) is 47.0 Å². The highest BCUT2D eigenvalue weighted by Crippen LogP contribution is 2.25. The Morgan fingerprint density at radius 3 is 2.88 bits per heavy atom. The maximum absolute atomic E-state index is 13.7. The van der Waals surface area contributed by atoms with Gasteiger partial charge in [-0.05, 0) is 18.6 Å². The number of benzene rings is 1. The minimum atomic E-state index is -0.378. The predicted octanol–water partition coefficient (Wildman–Crippen LogP) is 2.76. The summed E-state index contributed by atoms with van der Waals surface area (Å²) in [6.07, 6.45) is 1.36. The Labute approximate surface area is 98.5 Å². The molecule has 0 spiro atoms. The highest BCUT2D eigenvalue weighted by Gasteiger charge is 2.08. The molecule has 0 aliphatic rings. The van der Waals surface area contributed by atoms with Gasteiger partial charge in [0.05, 0.1) is 0 Å². The SMILES string of the molecule is CNc1cc(Oc2cccc(C)c2F)ncn1.